The van der Waals surface area contributed by atoms with E-state index >= 15 is 0 Å². The first kappa shape index (κ1) is 14.1. The van der Waals surface area contributed by atoms with Crippen LogP contribution in [0.1, 0.15) is 52.4 Å². The minimum Gasteiger partial charge on any atom is -0.297 e. The Kier molecular flexibility index (Phi) is 3.81. The van der Waals surface area contributed by atoms with Crippen LogP contribution < -0.4 is 5.09 Å². The van der Waals surface area contributed by atoms with Crippen molar-refractivity contribution in [1.29, 1.82) is 0 Å². The summed E-state index contributed by atoms with van der Waals surface area (Å²) >= 11 is 0. The SMILES string of the molecule is CCOP(=O)(NC12CC3CC(CC(C3)C1)C2)OCC. The lowest BCUT2D eigenvalue weighted by molar-refractivity contribution is -0.0131. The molecular formula is C14H26NO3P. The summed E-state index contributed by atoms with van der Waals surface area (Å²) in [7, 11) is -3.12. The lowest BCUT2D eigenvalue weighted by Gasteiger charge is -2.57. The van der Waals surface area contributed by atoms with Crippen LogP contribution in [0.4, 0.5) is 0 Å². The summed E-state index contributed by atoms with van der Waals surface area (Å²) in [6, 6.07) is 0. The van der Waals surface area contributed by atoms with Crippen molar-refractivity contribution in [3.05, 3.63) is 0 Å². The largest absolute Gasteiger partial charge is 0.405 e. The quantitative estimate of drug-likeness (QED) is 0.756. The Morgan fingerprint density at radius 3 is 1.79 bits per heavy atom. The number of nitrogens with one attached hydrogen (secondary N) is 1. The van der Waals surface area contributed by atoms with Gasteiger partial charge in [-0.2, -0.15) is 0 Å². The van der Waals surface area contributed by atoms with Crippen molar-refractivity contribution in [3.8, 4) is 0 Å². The molecule has 0 saturated heterocycles. The highest BCUT2D eigenvalue weighted by Gasteiger charge is 2.53. The van der Waals surface area contributed by atoms with E-state index in [4.69, 9.17) is 9.05 Å². The van der Waals surface area contributed by atoms with Crippen LogP contribution >= 0.6 is 7.75 Å². The second kappa shape index (κ2) is 5.14. The fraction of sp³-hybridized carbons (Fsp3) is 1.00. The van der Waals surface area contributed by atoms with E-state index in [1.165, 1.54) is 19.3 Å². The van der Waals surface area contributed by atoms with Crippen LogP contribution in [0.15, 0.2) is 0 Å². The van der Waals surface area contributed by atoms with Gasteiger partial charge in [0.25, 0.3) is 0 Å². The fourth-order valence-corrected chi connectivity index (χ4v) is 6.72. The van der Waals surface area contributed by atoms with Gasteiger partial charge in [0.15, 0.2) is 0 Å². The highest BCUT2D eigenvalue weighted by atomic mass is 31.2. The number of rotatable bonds is 6. The first-order valence-corrected chi connectivity index (χ1v) is 9.29. The molecule has 19 heavy (non-hydrogen) atoms. The summed E-state index contributed by atoms with van der Waals surface area (Å²) in [5.41, 5.74) is 0.0224. The number of hydrogen-bond donors (Lipinski definition) is 1. The van der Waals surface area contributed by atoms with Crippen LogP contribution in [0, 0.1) is 17.8 Å². The van der Waals surface area contributed by atoms with E-state index in [9.17, 15) is 4.57 Å². The summed E-state index contributed by atoms with van der Waals surface area (Å²) in [5.74, 6) is 2.49. The maximum atomic E-state index is 12.7. The molecule has 0 radical (unpaired) electrons. The summed E-state index contributed by atoms with van der Waals surface area (Å²) in [4.78, 5) is 0. The zero-order valence-corrected chi connectivity index (χ0v) is 13.0. The Bertz CT molecular complexity index is 340. The fourth-order valence-electron chi connectivity index (χ4n) is 4.98. The van der Waals surface area contributed by atoms with Crippen LogP contribution in [-0.4, -0.2) is 18.8 Å². The van der Waals surface area contributed by atoms with Crippen molar-refractivity contribution in [3.63, 3.8) is 0 Å². The Morgan fingerprint density at radius 1 is 1.00 bits per heavy atom. The maximum Gasteiger partial charge on any atom is 0.405 e. The van der Waals surface area contributed by atoms with E-state index in [1.54, 1.807) is 0 Å². The molecule has 4 bridgehead atoms. The van der Waals surface area contributed by atoms with Gasteiger partial charge in [0, 0.05) is 5.54 Å². The zero-order valence-electron chi connectivity index (χ0n) is 12.1. The predicted molar refractivity (Wildman–Crippen MR) is 74.9 cm³/mol. The van der Waals surface area contributed by atoms with E-state index in [-0.39, 0.29) is 5.54 Å². The van der Waals surface area contributed by atoms with Crippen LogP contribution in [0.5, 0.6) is 0 Å². The zero-order chi connectivity index (χ0) is 13.5. The monoisotopic (exact) mass is 287 g/mol. The lowest BCUT2D eigenvalue weighted by Crippen LogP contribution is -2.57. The Hall–Kier alpha value is 0.110. The molecule has 0 heterocycles. The van der Waals surface area contributed by atoms with Crippen molar-refractivity contribution in [2.75, 3.05) is 13.2 Å². The lowest BCUT2D eigenvalue weighted by atomic mass is 9.53. The molecular weight excluding hydrogens is 261 g/mol. The summed E-state index contributed by atoms with van der Waals surface area (Å²) in [5, 5.41) is 3.35. The van der Waals surface area contributed by atoms with Crippen molar-refractivity contribution in [2.24, 2.45) is 17.8 Å². The molecule has 4 fully saturated rings. The van der Waals surface area contributed by atoms with Crippen LogP contribution in [0.2, 0.25) is 0 Å². The number of hydrogen-bond acceptors (Lipinski definition) is 3. The molecule has 110 valence electrons. The molecule has 0 aromatic carbocycles. The topological polar surface area (TPSA) is 47.6 Å². The molecule has 0 atom stereocenters. The molecule has 0 aromatic heterocycles. The van der Waals surface area contributed by atoms with E-state index < -0.39 is 7.75 Å². The van der Waals surface area contributed by atoms with Crippen molar-refractivity contribution < 1.29 is 13.6 Å². The highest BCUT2D eigenvalue weighted by molar-refractivity contribution is 7.51. The van der Waals surface area contributed by atoms with Crippen LogP contribution in [-0.2, 0) is 13.6 Å². The molecule has 0 aromatic rings. The van der Waals surface area contributed by atoms with Gasteiger partial charge in [0.1, 0.15) is 0 Å². The van der Waals surface area contributed by atoms with Gasteiger partial charge in [0.05, 0.1) is 13.2 Å². The van der Waals surface area contributed by atoms with Gasteiger partial charge in [-0.25, -0.2) is 9.65 Å². The second-order valence-corrected chi connectivity index (χ2v) is 8.38. The molecule has 0 spiro atoms. The van der Waals surface area contributed by atoms with E-state index in [1.807, 2.05) is 13.8 Å². The molecule has 4 aliphatic rings. The molecule has 4 saturated carbocycles. The first-order valence-electron chi connectivity index (χ1n) is 7.75. The third-order valence-electron chi connectivity index (χ3n) is 5.01. The van der Waals surface area contributed by atoms with Gasteiger partial charge in [-0.15, -0.1) is 0 Å². The second-order valence-electron chi connectivity index (χ2n) is 6.64. The van der Waals surface area contributed by atoms with Gasteiger partial charge < -0.3 is 0 Å². The molecule has 0 unspecified atom stereocenters. The average Bonchev–Trinajstić information content (AvgIpc) is 2.25. The molecule has 4 rings (SSSR count). The van der Waals surface area contributed by atoms with Gasteiger partial charge >= 0.3 is 7.75 Å². The standard InChI is InChI=1S/C14H26NO3P/c1-3-17-19(16,18-4-2)15-14-8-11-5-12(9-14)7-13(6-11)10-14/h11-13H,3-10H2,1-2H3,(H,15,16). The van der Waals surface area contributed by atoms with E-state index in [0.29, 0.717) is 13.2 Å². The van der Waals surface area contributed by atoms with Gasteiger partial charge in [-0.3, -0.25) is 9.05 Å². The Morgan fingerprint density at radius 2 is 1.42 bits per heavy atom. The third-order valence-corrected chi connectivity index (χ3v) is 6.95. The molecule has 1 N–H and O–H groups in total. The van der Waals surface area contributed by atoms with Crippen LogP contribution in [0.25, 0.3) is 0 Å². The summed E-state index contributed by atoms with van der Waals surface area (Å²) in [6.07, 6.45) is 7.62. The van der Waals surface area contributed by atoms with E-state index in [2.05, 4.69) is 5.09 Å². The normalized spacial score (nSPS) is 40.8. The molecule has 0 amide bonds. The molecule has 4 aliphatic carbocycles. The third kappa shape index (κ3) is 2.78. The Labute approximate surface area is 116 Å². The van der Waals surface area contributed by atoms with Gasteiger partial charge in [-0.1, -0.05) is 0 Å². The first-order chi connectivity index (χ1) is 9.06. The molecule has 5 heteroatoms. The molecule has 0 aliphatic heterocycles. The van der Waals surface area contributed by atoms with Crippen molar-refractivity contribution in [2.45, 2.75) is 57.9 Å². The van der Waals surface area contributed by atoms with Gasteiger partial charge in [-0.05, 0) is 70.1 Å². The minimum absolute atomic E-state index is 0.0224. The smallest absolute Gasteiger partial charge is 0.297 e. The van der Waals surface area contributed by atoms with E-state index in [0.717, 1.165) is 37.0 Å². The predicted octanol–water partition coefficient (Wildman–Crippen LogP) is 3.73. The molecule has 4 nitrogen and oxygen atoms in total. The highest BCUT2D eigenvalue weighted by Crippen LogP contribution is 2.59. The van der Waals surface area contributed by atoms with Crippen molar-refractivity contribution >= 4 is 7.75 Å². The Balaban J connectivity index is 1.76. The van der Waals surface area contributed by atoms with Gasteiger partial charge in [0.2, 0.25) is 0 Å². The van der Waals surface area contributed by atoms with Crippen LogP contribution in [0.3, 0.4) is 0 Å². The summed E-state index contributed by atoms with van der Waals surface area (Å²) < 4.78 is 23.6. The average molecular weight is 287 g/mol. The minimum atomic E-state index is -3.12. The van der Waals surface area contributed by atoms with Crippen molar-refractivity contribution in [1.82, 2.24) is 5.09 Å². The maximum absolute atomic E-state index is 12.7. The summed E-state index contributed by atoms with van der Waals surface area (Å²) in [6.45, 7) is 4.59.